The quantitative estimate of drug-likeness (QED) is 0.599. The van der Waals surface area contributed by atoms with Gasteiger partial charge in [0.05, 0.1) is 24.1 Å². The van der Waals surface area contributed by atoms with Gasteiger partial charge in [-0.3, -0.25) is 0 Å². The highest BCUT2D eigenvalue weighted by atomic mass is 32.2. The van der Waals surface area contributed by atoms with E-state index in [-0.39, 0.29) is 29.4 Å². The van der Waals surface area contributed by atoms with E-state index in [0.29, 0.717) is 6.07 Å². The maximum atomic E-state index is 13.3. The normalized spacial score (nSPS) is 10.6. The van der Waals surface area contributed by atoms with E-state index in [9.17, 15) is 22.0 Å². The molecule has 0 radical (unpaired) electrons. The number of hydrogen-bond acceptors (Lipinski definition) is 5. The summed E-state index contributed by atoms with van der Waals surface area (Å²) in [5, 5.41) is 0. The van der Waals surface area contributed by atoms with E-state index >= 15 is 0 Å². The summed E-state index contributed by atoms with van der Waals surface area (Å²) in [5.74, 6) is 2.72. The van der Waals surface area contributed by atoms with Gasteiger partial charge in [0.15, 0.2) is 11.6 Å². The van der Waals surface area contributed by atoms with Crippen LogP contribution in [0.4, 0.5) is 8.78 Å². The highest BCUT2D eigenvalue weighted by Gasteiger charge is 2.14. The number of halogens is 2. The predicted molar refractivity (Wildman–Crippen MR) is 92.6 cm³/mol. The summed E-state index contributed by atoms with van der Waals surface area (Å²) in [7, 11) is -2.58. The Kier molecular flexibility index (Phi) is 6.87. The first-order valence-corrected chi connectivity index (χ1v) is 9.03. The first-order chi connectivity index (χ1) is 12.8. The van der Waals surface area contributed by atoms with Gasteiger partial charge in [0.1, 0.15) is 12.4 Å². The van der Waals surface area contributed by atoms with Crippen molar-refractivity contribution in [3.8, 4) is 17.6 Å². The first kappa shape index (κ1) is 20.4. The molecule has 0 bridgehead atoms. The van der Waals surface area contributed by atoms with Gasteiger partial charge in [-0.25, -0.2) is 22.0 Å². The number of sulfonamides is 1. The van der Waals surface area contributed by atoms with Gasteiger partial charge in [-0.2, -0.15) is 4.72 Å². The molecule has 0 aliphatic carbocycles. The molecule has 2 aromatic carbocycles. The summed E-state index contributed by atoms with van der Waals surface area (Å²) in [5.41, 5.74) is 0.224. The smallest absolute Gasteiger partial charge is 0.337 e. The van der Waals surface area contributed by atoms with Crippen LogP contribution in [-0.2, 0) is 14.8 Å². The fraction of sp³-hybridized carbons (Fsp3) is 0.167. The number of nitrogens with one attached hydrogen (secondary N) is 1. The van der Waals surface area contributed by atoms with Crippen LogP contribution >= 0.6 is 0 Å². The van der Waals surface area contributed by atoms with Crippen molar-refractivity contribution in [2.75, 3.05) is 20.3 Å². The molecule has 2 aromatic rings. The third-order valence-corrected chi connectivity index (χ3v) is 4.67. The summed E-state index contributed by atoms with van der Waals surface area (Å²) in [6, 6.07) is 8.06. The second kappa shape index (κ2) is 9.12. The van der Waals surface area contributed by atoms with E-state index in [1.165, 1.54) is 31.4 Å². The second-order valence-electron chi connectivity index (χ2n) is 5.06. The molecule has 142 valence electrons. The van der Waals surface area contributed by atoms with Crippen molar-refractivity contribution in [2.45, 2.75) is 4.90 Å². The fourth-order valence-electron chi connectivity index (χ4n) is 1.92. The number of benzene rings is 2. The molecule has 0 saturated heterocycles. The Balaban J connectivity index is 1.87. The van der Waals surface area contributed by atoms with Crippen molar-refractivity contribution in [3.05, 3.63) is 59.7 Å². The van der Waals surface area contributed by atoms with E-state index in [2.05, 4.69) is 21.3 Å². The lowest BCUT2D eigenvalue weighted by molar-refractivity contribution is 0.0600. The van der Waals surface area contributed by atoms with Crippen molar-refractivity contribution < 1.29 is 31.5 Å². The molecule has 0 amide bonds. The molecular formula is C18H15F2NO5S. The van der Waals surface area contributed by atoms with Crippen molar-refractivity contribution in [1.82, 2.24) is 4.72 Å². The van der Waals surface area contributed by atoms with Crippen LogP contribution in [0.3, 0.4) is 0 Å². The van der Waals surface area contributed by atoms with Crippen LogP contribution in [0.25, 0.3) is 0 Å². The molecule has 6 nitrogen and oxygen atoms in total. The molecule has 0 saturated carbocycles. The molecule has 0 aliphatic heterocycles. The molecule has 0 fully saturated rings. The van der Waals surface area contributed by atoms with Gasteiger partial charge < -0.3 is 9.47 Å². The van der Waals surface area contributed by atoms with Crippen LogP contribution in [0.15, 0.2) is 47.4 Å². The van der Waals surface area contributed by atoms with Gasteiger partial charge in [0.25, 0.3) is 0 Å². The van der Waals surface area contributed by atoms with Crippen LogP contribution in [0.1, 0.15) is 10.4 Å². The van der Waals surface area contributed by atoms with E-state index in [1.54, 1.807) is 0 Å². The number of esters is 1. The minimum absolute atomic E-state index is 0.0402. The van der Waals surface area contributed by atoms with E-state index in [4.69, 9.17) is 4.74 Å². The van der Waals surface area contributed by atoms with Gasteiger partial charge in [-0.1, -0.05) is 11.8 Å². The predicted octanol–water partition coefficient (Wildman–Crippen LogP) is 2.11. The van der Waals surface area contributed by atoms with Crippen molar-refractivity contribution in [1.29, 1.82) is 0 Å². The summed E-state index contributed by atoms with van der Waals surface area (Å²) in [6.45, 7) is -0.394. The number of hydrogen-bond donors (Lipinski definition) is 1. The van der Waals surface area contributed by atoms with Crippen LogP contribution in [0.2, 0.25) is 0 Å². The number of methoxy groups -OCH3 is 1. The van der Waals surface area contributed by atoms with Crippen LogP contribution in [0.5, 0.6) is 5.75 Å². The molecule has 0 aliphatic rings. The van der Waals surface area contributed by atoms with Crippen molar-refractivity contribution >= 4 is 16.0 Å². The zero-order chi connectivity index (χ0) is 19.9. The Bertz CT molecular complexity index is 979. The number of carbonyl (C=O) groups is 1. The van der Waals surface area contributed by atoms with Gasteiger partial charge in [-0.15, -0.1) is 0 Å². The SMILES string of the molecule is COC(=O)c1ccc(S(=O)(=O)NCC#CCOc2ccc(F)cc2F)cc1. The van der Waals surface area contributed by atoms with Crippen LogP contribution < -0.4 is 9.46 Å². The van der Waals surface area contributed by atoms with E-state index in [1.807, 2.05) is 0 Å². The second-order valence-corrected chi connectivity index (χ2v) is 6.82. The number of carbonyl (C=O) groups excluding carboxylic acids is 1. The molecule has 9 heteroatoms. The zero-order valence-corrected chi connectivity index (χ0v) is 15.0. The highest BCUT2D eigenvalue weighted by molar-refractivity contribution is 7.89. The van der Waals surface area contributed by atoms with Crippen molar-refractivity contribution in [2.24, 2.45) is 0 Å². The molecule has 0 unspecified atom stereocenters. The maximum Gasteiger partial charge on any atom is 0.337 e. The Morgan fingerprint density at radius 3 is 2.44 bits per heavy atom. The van der Waals surface area contributed by atoms with Gasteiger partial charge in [0, 0.05) is 6.07 Å². The average molecular weight is 395 g/mol. The molecule has 0 spiro atoms. The van der Waals surface area contributed by atoms with Crippen LogP contribution in [0, 0.1) is 23.5 Å². The van der Waals surface area contributed by atoms with E-state index < -0.39 is 27.6 Å². The average Bonchev–Trinajstić information content (AvgIpc) is 2.65. The van der Waals surface area contributed by atoms with E-state index in [0.717, 1.165) is 12.1 Å². The molecule has 0 atom stereocenters. The Morgan fingerprint density at radius 2 is 1.81 bits per heavy atom. The Hall–Kier alpha value is -2.96. The third-order valence-electron chi connectivity index (χ3n) is 3.26. The topological polar surface area (TPSA) is 81.7 Å². The molecular weight excluding hydrogens is 380 g/mol. The summed E-state index contributed by atoms with van der Waals surface area (Å²) >= 11 is 0. The molecule has 0 aromatic heterocycles. The van der Waals surface area contributed by atoms with Gasteiger partial charge >= 0.3 is 5.97 Å². The highest BCUT2D eigenvalue weighted by Crippen LogP contribution is 2.17. The number of rotatable bonds is 6. The molecule has 1 N–H and O–H groups in total. The number of ether oxygens (including phenoxy) is 2. The first-order valence-electron chi connectivity index (χ1n) is 7.55. The minimum Gasteiger partial charge on any atom is -0.478 e. The Labute approximate surface area is 155 Å². The maximum absolute atomic E-state index is 13.3. The lowest BCUT2D eigenvalue weighted by Crippen LogP contribution is -2.24. The summed E-state index contributed by atoms with van der Waals surface area (Å²) in [6.07, 6.45) is 0. The zero-order valence-electron chi connectivity index (χ0n) is 14.2. The Morgan fingerprint density at radius 1 is 1.11 bits per heavy atom. The summed E-state index contributed by atoms with van der Waals surface area (Å²) < 4.78 is 62.1. The standard InChI is InChI=1S/C18H15F2NO5S/c1-25-18(22)13-4-7-15(8-5-13)27(23,24)21-10-2-3-11-26-17-9-6-14(19)12-16(17)20/h4-9,12,21H,10-11H2,1H3. The molecule has 2 rings (SSSR count). The molecule has 0 heterocycles. The van der Waals surface area contributed by atoms with Gasteiger partial charge in [0.2, 0.25) is 10.0 Å². The largest absolute Gasteiger partial charge is 0.478 e. The van der Waals surface area contributed by atoms with Gasteiger partial charge in [-0.05, 0) is 36.4 Å². The lowest BCUT2D eigenvalue weighted by Gasteiger charge is -2.05. The molecule has 27 heavy (non-hydrogen) atoms. The summed E-state index contributed by atoms with van der Waals surface area (Å²) in [4.78, 5) is 11.3. The lowest BCUT2D eigenvalue weighted by atomic mass is 10.2. The monoisotopic (exact) mass is 395 g/mol. The van der Waals surface area contributed by atoms with Crippen LogP contribution in [-0.4, -0.2) is 34.6 Å². The minimum atomic E-state index is -3.81. The van der Waals surface area contributed by atoms with Crippen molar-refractivity contribution in [3.63, 3.8) is 0 Å². The fourth-order valence-corrected chi connectivity index (χ4v) is 2.85. The third kappa shape index (κ3) is 5.77.